The molecule has 3 aromatic heterocycles. The van der Waals surface area contributed by atoms with Crippen LogP contribution in [0.1, 0.15) is 21.5 Å². The van der Waals surface area contributed by atoms with E-state index in [1.54, 1.807) is 6.92 Å². The molecule has 0 radical (unpaired) electrons. The van der Waals surface area contributed by atoms with Crippen molar-refractivity contribution >= 4 is 23.1 Å². The Bertz CT molecular complexity index is 1630. The number of anilines is 2. The minimum atomic E-state index is -4.63. The highest BCUT2D eigenvalue weighted by atomic mass is 19.4. The fourth-order valence-electron chi connectivity index (χ4n) is 3.46. The molecule has 0 atom stereocenters. The number of aryl methyl sites for hydroxylation is 1. The van der Waals surface area contributed by atoms with Crippen molar-refractivity contribution in [2.45, 2.75) is 13.1 Å². The summed E-state index contributed by atoms with van der Waals surface area (Å²) in [6.45, 7) is 1.59. The molecule has 36 heavy (non-hydrogen) atoms. The molecule has 10 nitrogen and oxygen atoms in total. The Kier molecular flexibility index (Phi) is 5.35. The number of hydrogen-bond donors (Lipinski definition) is 2. The average molecular weight is 498 g/mol. The molecule has 0 bridgehead atoms. The Balaban J connectivity index is 1.47. The van der Waals surface area contributed by atoms with E-state index in [1.165, 1.54) is 29.2 Å². The molecule has 3 N–H and O–H groups in total. The summed E-state index contributed by atoms with van der Waals surface area (Å²) in [5, 5.41) is 10.3. The summed E-state index contributed by atoms with van der Waals surface area (Å²) < 4.78 is 60.3. The first-order valence-electron chi connectivity index (χ1n) is 10.2. The molecule has 0 saturated carbocycles. The van der Waals surface area contributed by atoms with Crippen molar-refractivity contribution in [3.05, 3.63) is 71.4 Å². The third kappa shape index (κ3) is 4.08. The van der Waals surface area contributed by atoms with Crippen molar-refractivity contribution in [1.82, 2.24) is 29.7 Å². The molecule has 5 aromatic rings. The van der Waals surface area contributed by atoms with Crippen LogP contribution in [0.15, 0.2) is 53.4 Å². The first-order valence-corrected chi connectivity index (χ1v) is 10.2. The van der Waals surface area contributed by atoms with Gasteiger partial charge in [-0.05, 0) is 42.8 Å². The predicted molar refractivity (Wildman–Crippen MR) is 118 cm³/mol. The summed E-state index contributed by atoms with van der Waals surface area (Å²) in [5.41, 5.74) is 5.55. The van der Waals surface area contributed by atoms with Gasteiger partial charge < -0.3 is 15.6 Å². The molecular formula is C22H14F4N8O2. The number of aromatic nitrogens is 6. The summed E-state index contributed by atoms with van der Waals surface area (Å²) in [7, 11) is 0. The number of nitrogens with zero attached hydrogens (tertiary/aromatic N) is 6. The van der Waals surface area contributed by atoms with Gasteiger partial charge in [0.05, 0.1) is 17.4 Å². The molecular weight excluding hydrogens is 484 g/mol. The number of nitrogens with one attached hydrogen (secondary N) is 1. The van der Waals surface area contributed by atoms with Gasteiger partial charge in [0.25, 0.3) is 11.8 Å². The Labute approximate surface area is 198 Å². The maximum atomic E-state index is 14.6. The van der Waals surface area contributed by atoms with Crippen molar-refractivity contribution in [2.24, 2.45) is 0 Å². The van der Waals surface area contributed by atoms with E-state index in [0.717, 1.165) is 18.2 Å². The minimum absolute atomic E-state index is 0.0360. The number of carbonyl (C=O) groups excluding carboxylic acids is 1. The van der Waals surface area contributed by atoms with Crippen molar-refractivity contribution in [2.75, 3.05) is 11.1 Å². The topological polar surface area (TPSA) is 137 Å². The molecule has 1 amide bonds. The van der Waals surface area contributed by atoms with Crippen molar-refractivity contribution in [3.8, 4) is 23.0 Å². The van der Waals surface area contributed by atoms with Crippen LogP contribution in [0.4, 0.5) is 29.1 Å². The average Bonchev–Trinajstić information content (AvgIpc) is 3.48. The fraction of sp³-hybridized carbons (Fsp3) is 0.0909. The molecule has 0 aliphatic heterocycles. The molecule has 0 spiro atoms. The van der Waals surface area contributed by atoms with E-state index in [1.807, 2.05) is 0 Å². The second-order valence-electron chi connectivity index (χ2n) is 7.63. The quantitative estimate of drug-likeness (QED) is 0.353. The zero-order chi connectivity index (χ0) is 25.6. The SMILES string of the molecule is Cc1cc(F)c(NC(=O)c2cccc(C(F)(F)F)c2)cc1-c1noc(-c2cnc3c(N)ncnn23)n1. The number of nitrogen functional groups attached to an aromatic ring is 1. The van der Waals surface area contributed by atoms with Gasteiger partial charge in [-0.1, -0.05) is 11.2 Å². The third-order valence-corrected chi connectivity index (χ3v) is 5.23. The number of halogens is 4. The number of rotatable bonds is 4. The van der Waals surface area contributed by atoms with Crippen molar-refractivity contribution in [1.29, 1.82) is 0 Å². The maximum Gasteiger partial charge on any atom is 0.416 e. The van der Waals surface area contributed by atoms with Crippen LogP contribution in [0.5, 0.6) is 0 Å². The van der Waals surface area contributed by atoms with E-state index in [9.17, 15) is 22.4 Å². The van der Waals surface area contributed by atoms with Crippen LogP contribution in [0.25, 0.3) is 28.6 Å². The van der Waals surface area contributed by atoms with E-state index >= 15 is 0 Å². The molecule has 0 aliphatic rings. The number of amides is 1. The zero-order valence-electron chi connectivity index (χ0n) is 18.2. The van der Waals surface area contributed by atoms with Crippen LogP contribution in [0.2, 0.25) is 0 Å². The molecule has 0 saturated heterocycles. The maximum absolute atomic E-state index is 14.6. The van der Waals surface area contributed by atoms with Gasteiger partial charge in [0.1, 0.15) is 12.1 Å². The second-order valence-corrected chi connectivity index (χ2v) is 7.63. The standard InChI is InChI=1S/C22H14F4N8O2/c1-10-5-14(23)15(31-20(35)11-3-2-4-12(6-11)22(24,25)26)7-13(10)18-32-21(36-33-18)16-8-28-19-17(27)29-9-30-34(16)19/h2-9H,1H3,(H,31,35)(H2,27,29,30). The van der Waals surface area contributed by atoms with Gasteiger partial charge in [-0.3, -0.25) is 4.79 Å². The zero-order valence-corrected chi connectivity index (χ0v) is 18.2. The van der Waals surface area contributed by atoms with Gasteiger partial charge in [-0.25, -0.2) is 18.9 Å². The van der Waals surface area contributed by atoms with Crippen LogP contribution >= 0.6 is 0 Å². The highest BCUT2D eigenvalue weighted by Gasteiger charge is 2.31. The van der Waals surface area contributed by atoms with Gasteiger partial charge in [0, 0.05) is 11.1 Å². The van der Waals surface area contributed by atoms with Crippen LogP contribution in [-0.4, -0.2) is 35.6 Å². The minimum Gasteiger partial charge on any atom is -0.381 e. The van der Waals surface area contributed by atoms with Crippen LogP contribution in [-0.2, 0) is 6.18 Å². The molecule has 5 rings (SSSR count). The lowest BCUT2D eigenvalue weighted by Gasteiger charge is -2.11. The van der Waals surface area contributed by atoms with Gasteiger partial charge >= 0.3 is 6.18 Å². The van der Waals surface area contributed by atoms with E-state index in [2.05, 4.69) is 30.5 Å². The highest BCUT2D eigenvalue weighted by Crippen LogP contribution is 2.31. The summed E-state index contributed by atoms with van der Waals surface area (Å²) in [5.74, 6) is -1.48. The molecule has 14 heteroatoms. The Hall–Kier alpha value is -4.88. The molecule has 0 unspecified atom stereocenters. The normalized spacial score (nSPS) is 11.7. The number of carbonyl (C=O) groups is 1. The van der Waals surface area contributed by atoms with E-state index in [4.69, 9.17) is 10.3 Å². The number of fused-ring (bicyclic) bond motifs is 1. The summed E-state index contributed by atoms with van der Waals surface area (Å²) in [4.78, 5) is 24.8. The van der Waals surface area contributed by atoms with Gasteiger partial charge in [0.2, 0.25) is 5.82 Å². The lowest BCUT2D eigenvalue weighted by molar-refractivity contribution is -0.137. The second kappa shape index (κ2) is 8.41. The molecule has 3 heterocycles. The fourth-order valence-corrected chi connectivity index (χ4v) is 3.46. The van der Waals surface area contributed by atoms with E-state index < -0.39 is 23.5 Å². The summed E-state index contributed by atoms with van der Waals surface area (Å²) in [6.07, 6.45) is -1.99. The number of alkyl halides is 3. The first kappa shape index (κ1) is 22.9. The van der Waals surface area contributed by atoms with Gasteiger partial charge in [0.15, 0.2) is 17.2 Å². The predicted octanol–water partition coefficient (Wildman–Crippen LogP) is 4.14. The Morgan fingerprint density at radius 2 is 1.97 bits per heavy atom. The Morgan fingerprint density at radius 3 is 2.75 bits per heavy atom. The number of nitrogens with two attached hydrogens (primary N) is 1. The van der Waals surface area contributed by atoms with Gasteiger partial charge in [-0.15, -0.1) is 0 Å². The lowest BCUT2D eigenvalue weighted by atomic mass is 10.1. The van der Waals surface area contributed by atoms with E-state index in [0.29, 0.717) is 22.9 Å². The molecule has 182 valence electrons. The van der Waals surface area contributed by atoms with Crippen LogP contribution in [0.3, 0.4) is 0 Å². The van der Waals surface area contributed by atoms with Crippen molar-refractivity contribution < 1.29 is 26.9 Å². The molecule has 2 aromatic carbocycles. The van der Waals surface area contributed by atoms with Crippen LogP contribution in [0, 0.1) is 12.7 Å². The summed E-state index contributed by atoms with van der Waals surface area (Å²) >= 11 is 0. The lowest BCUT2D eigenvalue weighted by Crippen LogP contribution is -2.15. The Morgan fingerprint density at radius 1 is 1.17 bits per heavy atom. The number of hydrogen-bond acceptors (Lipinski definition) is 8. The highest BCUT2D eigenvalue weighted by molar-refractivity contribution is 6.04. The van der Waals surface area contributed by atoms with Crippen LogP contribution < -0.4 is 11.1 Å². The van der Waals surface area contributed by atoms with Crippen molar-refractivity contribution in [3.63, 3.8) is 0 Å². The number of imidazole rings is 1. The largest absolute Gasteiger partial charge is 0.416 e. The number of benzene rings is 2. The monoisotopic (exact) mass is 498 g/mol. The molecule has 0 fully saturated rings. The summed E-state index contributed by atoms with van der Waals surface area (Å²) in [6, 6.07) is 6.19. The first-order chi connectivity index (χ1) is 17.1. The molecule has 0 aliphatic carbocycles. The van der Waals surface area contributed by atoms with E-state index in [-0.39, 0.29) is 34.4 Å². The third-order valence-electron chi connectivity index (χ3n) is 5.23. The van der Waals surface area contributed by atoms with Gasteiger partial charge in [-0.2, -0.15) is 23.3 Å². The smallest absolute Gasteiger partial charge is 0.381 e.